The molecule has 2 heterocycles. The molecule has 7 rings (SSSR count). The first-order valence-corrected chi connectivity index (χ1v) is 11.1. The summed E-state index contributed by atoms with van der Waals surface area (Å²) in [6.07, 6.45) is -1.37. The lowest BCUT2D eigenvalue weighted by Gasteiger charge is -2.50. The first-order chi connectivity index (χ1) is 16.7. The van der Waals surface area contributed by atoms with Gasteiger partial charge in [-0.05, 0) is 23.3 Å². The van der Waals surface area contributed by atoms with Gasteiger partial charge < -0.3 is 39.7 Å². The summed E-state index contributed by atoms with van der Waals surface area (Å²) in [5, 5.41) is 52.0. The van der Waals surface area contributed by atoms with Crippen LogP contribution in [0.1, 0.15) is 21.8 Å². The van der Waals surface area contributed by atoms with E-state index in [-0.39, 0.29) is 35.2 Å². The minimum absolute atomic E-state index is 0.0452. The zero-order chi connectivity index (χ0) is 24.8. The van der Waals surface area contributed by atoms with E-state index in [9.17, 15) is 35.1 Å². The van der Waals surface area contributed by atoms with Crippen molar-refractivity contribution in [2.75, 3.05) is 13.7 Å². The number of hydrogen-bond acceptors (Lipinski definition) is 10. The number of methoxy groups -OCH3 is 1. The van der Waals surface area contributed by atoms with Crippen LogP contribution in [-0.4, -0.2) is 68.8 Å². The molecule has 2 aliphatic heterocycles. The Labute approximate surface area is 198 Å². The molecule has 2 fully saturated rings. The molecule has 0 spiro atoms. The number of phenolic OH excluding ortho intramolecular Hbond substituents is 3. The molecule has 0 radical (unpaired) electrons. The number of allylic oxidation sites excluding steroid dienone is 1. The molecule has 5 aliphatic rings. The molecule has 4 bridgehead atoms. The first kappa shape index (κ1) is 21.9. The number of carbonyl (C=O) groups excluding carboxylic acids is 2. The zero-order valence-corrected chi connectivity index (χ0v) is 18.4. The number of aliphatic hydroxyl groups is 2. The second kappa shape index (κ2) is 7.20. The lowest BCUT2D eigenvalue weighted by molar-refractivity contribution is -0.206. The Balaban J connectivity index is 1.46. The predicted molar refractivity (Wildman–Crippen MR) is 116 cm³/mol. The van der Waals surface area contributed by atoms with Crippen molar-refractivity contribution in [1.29, 1.82) is 0 Å². The van der Waals surface area contributed by atoms with Crippen LogP contribution in [0.3, 0.4) is 0 Å². The molecule has 10 nitrogen and oxygen atoms in total. The van der Waals surface area contributed by atoms with E-state index in [4.69, 9.17) is 14.2 Å². The number of benzene rings is 2. The second-order valence-electron chi connectivity index (χ2n) is 9.35. The van der Waals surface area contributed by atoms with Crippen molar-refractivity contribution in [1.82, 2.24) is 0 Å². The largest absolute Gasteiger partial charge is 0.508 e. The maximum Gasteiger partial charge on any atom is 0.234 e. The average molecular weight is 482 g/mol. The van der Waals surface area contributed by atoms with Crippen LogP contribution in [0.5, 0.6) is 28.7 Å². The number of rotatable bonds is 3. The van der Waals surface area contributed by atoms with E-state index < -0.39 is 59.0 Å². The highest BCUT2D eigenvalue weighted by Gasteiger charge is 2.69. The monoisotopic (exact) mass is 482 g/mol. The van der Waals surface area contributed by atoms with Gasteiger partial charge in [-0.25, -0.2) is 0 Å². The molecule has 1 saturated heterocycles. The number of phenols is 3. The maximum absolute atomic E-state index is 13.3. The Morgan fingerprint density at radius 2 is 1.86 bits per heavy atom. The molecule has 10 heteroatoms. The molecular weight excluding hydrogens is 460 g/mol. The minimum atomic E-state index is -2.13. The number of Topliss-reactive ketones (excluding diaryl/α,β-unsaturated/α-hetero) is 2. The lowest BCUT2D eigenvalue weighted by Crippen LogP contribution is -2.60. The van der Waals surface area contributed by atoms with E-state index in [0.717, 1.165) is 12.1 Å². The van der Waals surface area contributed by atoms with Gasteiger partial charge in [0.25, 0.3) is 0 Å². The van der Waals surface area contributed by atoms with Gasteiger partial charge >= 0.3 is 0 Å². The van der Waals surface area contributed by atoms with Crippen LogP contribution in [0.4, 0.5) is 0 Å². The van der Waals surface area contributed by atoms with Gasteiger partial charge in [0.15, 0.2) is 29.5 Å². The summed E-state index contributed by atoms with van der Waals surface area (Å²) >= 11 is 0. The van der Waals surface area contributed by atoms with Crippen molar-refractivity contribution in [2.45, 2.75) is 23.9 Å². The van der Waals surface area contributed by atoms with Crippen LogP contribution in [0.2, 0.25) is 0 Å². The van der Waals surface area contributed by atoms with Gasteiger partial charge in [-0.3, -0.25) is 9.59 Å². The summed E-state index contributed by atoms with van der Waals surface area (Å²) in [6.45, 7) is 0.0452. The molecule has 7 atom stereocenters. The quantitative estimate of drug-likeness (QED) is 0.399. The van der Waals surface area contributed by atoms with Crippen molar-refractivity contribution in [3.05, 3.63) is 53.1 Å². The van der Waals surface area contributed by atoms with Gasteiger partial charge in [-0.2, -0.15) is 0 Å². The molecule has 35 heavy (non-hydrogen) atoms. The third kappa shape index (κ3) is 2.81. The van der Waals surface area contributed by atoms with Gasteiger partial charge in [0, 0.05) is 29.9 Å². The minimum Gasteiger partial charge on any atom is -0.508 e. The van der Waals surface area contributed by atoms with E-state index in [1.54, 1.807) is 18.2 Å². The number of aromatic hydroxyl groups is 3. The smallest absolute Gasteiger partial charge is 0.234 e. The Bertz CT molecular complexity index is 1320. The van der Waals surface area contributed by atoms with Crippen molar-refractivity contribution >= 4 is 11.6 Å². The Morgan fingerprint density at radius 1 is 1.09 bits per heavy atom. The first-order valence-electron chi connectivity index (χ1n) is 11.1. The fraction of sp³-hybridized carbons (Fsp3) is 0.360. The van der Waals surface area contributed by atoms with E-state index in [1.165, 1.54) is 13.2 Å². The van der Waals surface area contributed by atoms with Gasteiger partial charge in [0.1, 0.15) is 22.8 Å². The van der Waals surface area contributed by atoms with Crippen molar-refractivity contribution in [2.24, 2.45) is 17.8 Å². The van der Waals surface area contributed by atoms with E-state index in [1.807, 2.05) is 0 Å². The fourth-order valence-corrected chi connectivity index (χ4v) is 6.16. The van der Waals surface area contributed by atoms with Crippen LogP contribution in [-0.2, 0) is 9.53 Å². The topological polar surface area (TPSA) is 163 Å². The third-order valence-corrected chi connectivity index (χ3v) is 7.62. The molecule has 2 aromatic rings. The molecule has 1 saturated carbocycles. The predicted octanol–water partition coefficient (Wildman–Crippen LogP) is 0.990. The number of fused-ring (bicyclic) bond motifs is 1. The highest BCUT2D eigenvalue weighted by Crippen LogP contribution is 2.61. The number of ether oxygens (including phenoxy) is 3. The summed E-state index contributed by atoms with van der Waals surface area (Å²) in [4.78, 5) is 26.2. The Hall–Kier alpha value is -3.60. The summed E-state index contributed by atoms with van der Waals surface area (Å²) in [6, 6.07) is 6.91. The molecule has 5 N–H and O–H groups in total. The normalized spacial score (nSPS) is 34.9. The number of hydrogen-bond donors (Lipinski definition) is 5. The van der Waals surface area contributed by atoms with Crippen LogP contribution in [0.25, 0.3) is 0 Å². The fourth-order valence-electron chi connectivity index (χ4n) is 6.16. The van der Waals surface area contributed by atoms with Gasteiger partial charge in [-0.1, -0.05) is 12.1 Å². The molecule has 0 aromatic heterocycles. The van der Waals surface area contributed by atoms with Crippen molar-refractivity contribution in [3.8, 4) is 28.7 Å². The number of carbonyl (C=O) groups is 2. The summed E-state index contributed by atoms with van der Waals surface area (Å²) in [7, 11) is 1.42. The van der Waals surface area contributed by atoms with Crippen molar-refractivity contribution in [3.63, 3.8) is 0 Å². The molecule has 2 aromatic carbocycles. The van der Waals surface area contributed by atoms with Crippen LogP contribution in [0, 0.1) is 17.8 Å². The van der Waals surface area contributed by atoms with E-state index >= 15 is 0 Å². The number of aliphatic hydroxyl groups excluding tert-OH is 1. The lowest BCUT2D eigenvalue weighted by atomic mass is 9.55. The van der Waals surface area contributed by atoms with Gasteiger partial charge in [0.05, 0.1) is 19.6 Å². The molecule has 4 unspecified atom stereocenters. The molecule has 0 amide bonds. The number of ketones is 2. The van der Waals surface area contributed by atoms with Crippen LogP contribution < -0.4 is 9.47 Å². The van der Waals surface area contributed by atoms with Gasteiger partial charge in [0.2, 0.25) is 11.6 Å². The summed E-state index contributed by atoms with van der Waals surface area (Å²) < 4.78 is 16.7. The Morgan fingerprint density at radius 3 is 2.60 bits per heavy atom. The molecule has 3 aliphatic carbocycles. The standard InChI is InChI=1S/C25H22O10/c1-33-16-4-9(2-3-14(16)27)18-11-7-12(20-13(18)8-34-25(20,32)24(11)31)23-22(30)21(29)19-15(28)5-10(26)6-17(19)35-23/h2-7,11,13,18,20,22-23,26-28,30,32H,8H2,1H3/t11?,13?,18?,20?,22-,23+,25+/m0/s1. The van der Waals surface area contributed by atoms with Crippen LogP contribution in [0.15, 0.2) is 42.0 Å². The van der Waals surface area contributed by atoms with Crippen LogP contribution >= 0.6 is 0 Å². The van der Waals surface area contributed by atoms with E-state index in [2.05, 4.69) is 0 Å². The molecular formula is C25H22O10. The summed E-state index contributed by atoms with van der Waals surface area (Å²) in [5.74, 6) is -6.84. The Kier molecular flexibility index (Phi) is 4.51. The summed E-state index contributed by atoms with van der Waals surface area (Å²) in [5.41, 5.74) is 0.796. The maximum atomic E-state index is 13.3. The van der Waals surface area contributed by atoms with Crippen molar-refractivity contribution < 1.29 is 49.3 Å². The highest BCUT2D eigenvalue weighted by molar-refractivity contribution is 6.06. The van der Waals surface area contributed by atoms with E-state index in [0.29, 0.717) is 11.1 Å². The SMILES string of the molecule is COc1cc(C2C3C=C([C@H]4Oc5cc(O)cc(O)c5C(=O)[C@@H]4O)C4C2CO[C@@]4(O)C3=O)ccc1O. The average Bonchev–Trinajstić information content (AvgIpc) is 3.14. The molecule has 182 valence electrons. The van der Waals surface area contributed by atoms with Gasteiger partial charge in [-0.15, -0.1) is 0 Å². The second-order valence-corrected chi connectivity index (χ2v) is 9.35. The zero-order valence-electron chi connectivity index (χ0n) is 18.4. The third-order valence-electron chi connectivity index (χ3n) is 7.62. The highest BCUT2D eigenvalue weighted by atomic mass is 16.6.